The molecule has 1 heterocycles. The van der Waals surface area contributed by atoms with E-state index in [9.17, 15) is 19.7 Å². The van der Waals surface area contributed by atoms with Gasteiger partial charge in [-0.2, -0.15) is 0 Å². The predicted molar refractivity (Wildman–Crippen MR) is 119 cm³/mol. The van der Waals surface area contributed by atoms with Crippen molar-refractivity contribution < 1.29 is 23.7 Å². The Bertz CT molecular complexity index is 1180. The third-order valence-electron chi connectivity index (χ3n) is 3.91. The molecule has 1 aromatic heterocycles. The maximum Gasteiger partial charge on any atom is 0.293 e. The summed E-state index contributed by atoms with van der Waals surface area (Å²) in [5.74, 6) is -0.719. The molecular formula is C20H15ClN4O6S. The van der Waals surface area contributed by atoms with E-state index in [1.807, 2.05) is 0 Å². The number of thiocarbonyl (C=S) groups is 1. The molecular weight excluding hydrogens is 460 g/mol. The van der Waals surface area contributed by atoms with Gasteiger partial charge in [-0.3, -0.25) is 35.9 Å². The van der Waals surface area contributed by atoms with E-state index < -0.39 is 23.3 Å². The summed E-state index contributed by atoms with van der Waals surface area (Å²) in [6.07, 6.45) is 0. The van der Waals surface area contributed by atoms with E-state index in [4.69, 9.17) is 33.0 Å². The van der Waals surface area contributed by atoms with Crippen molar-refractivity contribution in [2.45, 2.75) is 0 Å². The minimum Gasteiger partial charge on any atom is -0.483 e. The van der Waals surface area contributed by atoms with Gasteiger partial charge in [-0.25, -0.2) is 0 Å². The number of carbonyl (C=O) groups is 2. The Morgan fingerprint density at radius 3 is 2.62 bits per heavy atom. The van der Waals surface area contributed by atoms with Crippen LogP contribution < -0.4 is 20.9 Å². The summed E-state index contributed by atoms with van der Waals surface area (Å²) in [5.41, 5.74) is 5.04. The normalized spacial score (nSPS) is 10.2. The summed E-state index contributed by atoms with van der Waals surface area (Å²) >= 11 is 11.1. The van der Waals surface area contributed by atoms with Gasteiger partial charge in [-0.15, -0.1) is 0 Å². The first-order valence-electron chi connectivity index (χ1n) is 8.95. The molecule has 164 valence electrons. The van der Waals surface area contributed by atoms with Crippen molar-refractivity contribution in [2.24, 2.45) is 0 Å². The average molecular weight is 475 g/mol. The van der Waals surface area contributed by atoms with Crippen molar-refractivity contribution in [2.75, 3.05) is 6.61 Å². The van der Waals surface area contributed by atoms with Crippen LogP contribution in [0.25, 0.3) is 11.3 Å². The van der Waals surface area contributed by atoms with Crippen LogP contribution in [0.3, 0.4) is 0 Å². The summed E-state index contributed by atoms with van der Waals surface area (Å²) in [7, 11) is 0. The number of nitrogens with one attached hydrogen (secondary N) is 3. The van der Waals surface area contributed by atoms with Crippen LogP contribution in [0, 0.1) is 10.1 Å². The number of carbonyl (C=O) groups excluding carboxylic acids is 2. The molecule has 0 aliphatic heterocycles. The van der Waals surface area contributed by atoms with Gasteiger partial charge in [0.1, 0.15) is 11.5 Å². The second-order valence-corrected chi connectivity index (χ2v) is 6.96. The Kier molecular flexibility index (Phi) is 7.37. The summed E-state index contributed by atoms with van der Waals surface area (Å²) in [4.78, 5) is 34.3. The average Bonchev–Trinajstić information content (AvgIpc) is 3.27. The van der Waals surface area contributed by atoms with Crippen molar-refractivity contribution >= 4 is 46.4 Å². The number of amides is 2. The zero-order chi connectivity index (χ0) is 23.1. The number of hydrogen-bond acceptors (Lipinski definition) is 7. The highest BCUT2D eigenvalue weighted by atomic mass is 35.5. The number of non-ortho nitro benzene ring substituents is 1. The third-order valence-corrected chi connectivity index (χ3v) is 4.44. The van der Waals surface area contributed by atoms with Crippen molar-refractivity contribution in [1.82, 2.24) is 16.2 Å². The number of ether oxygens (including phenoxy) is 1. The number of benzene rings is 2. The molecule has 2 amide bonds. The minimum absolute atomic E-state index is 0.00981. The van der Waals surface area contributed by atoms with Crippen molar-refractivity contribution in [3.05, 3.63) is 81.6 Å². The van der Waals surface area contributed by atoms with Crippen LogP contribution in [0.15, 0.2) is 65.1 Å². The first kappa shape index (κ1) is 22.7. The molecule has 10 nitrogen and oxygen atoms in total. The quantitative estimate of drug-likeness (QED) is 0.281. The molecule has 3 rings (SSSR count). The zero-order valence-electron chi connectivity index (χ0n) is 16.2. The first-order chi connectivity index (χ1) is 15.3. The van der Waals surface area contributed by atoms with E-state index in [0.29, 0.717) is 16.3 Å². The lowest BCUT2D eigenvalue weighted by Gasteiger charge is -2.10. The van der Waals surface area contributed by atoms with E-state index in [1.54, 1.807) is 30.3 Å². The summed E-state index contributed by atoms with van der Waals surface area (Å²) in [6.45, 7) is -0.440. The Morgan fingerprint density at radius 1 is 1.09 bits per heavy atom. The van der Waals surface area contributed by atoms with Crippen LogP contribution in [0.4, 0.5) is 5.69 Å². The third kappa shape index (κ3) is 6.03. The lowest BCUT2D eigenvalue weighted by atomic mass is 10.2. The monoisotopic (exact) mass is 474 g/mol. The molecule has 3 N–H and O–H groups in total. The Hall–Kier alpha value is -3.96. The summed E-state index contributed by atoms with van der Waals surface area (Å²) < 4.78 is 10.7. The van der Waals surface area contributed by atoms with Gasteiger partial charge in [-0.05, 0) is 42.5 Å². The molecule has 2 aromatic carbocycles. The Morgan fingerprint density at radius 2 is 1.88 bits per heavy atom. The molecule has 0 atom stereocenters. The van der Waals surface area contributed by atoms with E-state index in [2.05, 4.69) is 16.2 Å². The number of hydrazine groups is 1. The van der Waals surface area contributed by atoms with Gasteiger partial charge < -0.3 is 9.15 Å². The zero-order valence-corrected chi connectivity index (χ0v) is 17.7. The highest BCUT2D eigenvalue weighted by molar-refractivity contribution is 7.80. The minimum atomic E-state index is -0.636. The Balaban J connectivity index is 1.46. The number of furan rings is 1. The number of nitro benzene ring substituents is 1. The van der Waals surface area contributed by atoms with E-state index in [1.165, 1.54) is 30.3 Å². The fourth-order valence-corrected chi connectivity index (χ4v) is 2.83. The lowest BCUT2D eigenvalue weighted by molar-refractivity contribution is -0.384. The molecule has 32 heavy (non-hydrogen) atoms. The van der Waals surface area contributed by atoms with Gasteiger partial charge in [0, 0.05) is 11.6 Å². The molecule has 0 bridgehead atoms. The number of halogens is 1. The molecule has 0 aliphatic carbocycles. The fourth-order valence-electron chi connectivity index (χ4n) is 2.46. The fraction of sp³-hybridized carbons (Fsp3) is 0.0500. The standard InChI is InChI=1S/C20H15ClN4O6S/c21-15-7-2-1-6-14(15)16-8-9-17(31-16)19(27)22-20(32)24-23-18(26)11-30-13-5-3-4-12(10-13)25(28)29/h1-10H,11H2,(H,23,26)(H2,22,24,27,32). The van der Waals surface area contributed by atoms with Gasteiger partial charge in [0.05, 0.1) is 16.0 Å². The second-order valence-electron chi connectivity index (χ2n) is 6.14. The van der Waals surface area contributed by atoms with Crippen LogP contribution in [-0.4, -0.2) is 28.5 Å². The molecule has 0 aliphatic rings. The molecule has 3 aromatic rings. The van der Waals surface area contributed by atoms with Gasteiger partial charge in [-0.1, -0.05) is 29.8 Å². The van der Waals surface area contributed by atoms with Crippen LogP contribution >= 0.6 is 23.8 Å². The van der Waals surface area contributed by atoms with Crippen molar-refractivity contribution in [3.8, 4) is 17.1 Å². The van der Waals surface area contributed by atoms with Crippen molar-refractivity contribution in [1.29, 1.82) is 0 Å². The summed E-state index contributed by atoms with van der Waals surface area (Å²) in [6, 6.07) is 15.5. The number of rotatable bonds is 6. The molecule has 0 fully saturated rings. The van der Waals surface area contributed by atoms with Crippen LogP contribution in [-0.2, 0) is 4.79 Å². The van der Waals surface area contributed by atoms with Gasteiger partial charge in [0.15, 0.2) is 17.5 Å². The second kappa shape index (κ2) is 10.4. The lowest BCUT2D eigenvalue weighted by Crippen LogP contribution is -2.49. The summed E-state index contributed by atoms with van der Waals surface area (Å²) in [5, 5.41) is 13.4. The molecule has 12 heteroatoms. The first-order valence-corrected chi connectivity index (χ1v) is 9.74. The molecule has 0 saturated carbocycles. The Labute approximate surface area is 191 Å². The molecule has 0 saturated heterocycles. The highest BCUT2D eigenvalue weighted by Crippen LogP contribution is 2.29. The van der Waals surface area contributed by atoms with Crippen LogP contribution in [0.2, 0.25) is 5.02 Å². The molecule has 0 spiro atoms. The topological polar surface area (TPSA) is 136 Å². The SMILES string of the molecule is O=C(COc1cccc([N+](=O)[O-])c1)NNC(=S)NC(=O)c1ccc(-c2ccccc2Cl)o1. The largest absolute Gasteiger partial charge is 0.483 e. The van der Waals surface area contributed by atoms with E-state index in [0.717, 1.165) is 0 Å². The number of nitro groups is 1. The molecule has 0 radical (unpaired) electrons. The van der Waals surface area contributed by atoms with Crippen LogP contribution in [0.5, 0.6) is 5.75 Å². The molecule has 0 unspecified atom stereocenters. The van der Waals surface area contributed by atoms with Crippen molar-refractivity contribution in [3.63, 3.8) is 0 Å². The van der Waals surface area contributed by atoms with E-state index >= 15 is 0 Å². The van der Waals surface area contributed by atoms with Crippen LogP contribution in [0.1, 0.15) is 10.6 Å². The maximum atomic E-state index is 12.3. The van der Waals surface area contributed by atoms with Gasteiger partial charge in [0.25, 0.3) is 17.5 Å². The van der Waals surface area contributed by atoms with Gasteiger partial charge in [0.2, 0.25) is 0 Å². The number of hydrogen-bond donors (Lipinski definition) is 3. The van der Waals surface area contributed by atoms with Gasteiger partial charge >= 0.3 is 0 Å². The predicted octanol–water partition coefficient (Wildman–Crippen LogP) is 3.22. The van der Waals surface area contributed by atoms with E-state index in [-0.39, 0.29) is 22.3 Å². The highest BCUT2D eigenvalue weighted by Gasteiger charge is 2.15. The smallest absolute Gasteiger partial charge is 0.293 e. The number of nitrogens with zero attached hydrogens (tertiary/aromatic N) is 1. The maximum absolute atomic E-state index is 12.3.